The fourth-order valence-corrected chi connectivity index (χ4v) is 3.20. The van der Waals surface area contributed by atoms with E-state index in [1.54, 1.807) is 0 Å². The highest BCUT2D eigenvalue weighted by molar-refractivity contribution is 7.90. The first-order valence-corrected chi connectivity index (χ1v) is 9.40. The lowest BCUT2D eigenvalue weighted by Gasteiger charge is -2.27. The number of sulfone groups is 1. The standard InChI is InChI=1S/C15H21F2N3O3S/c16-15(17)24(22,23)11-12-1-3-13(4-2-12)14(21)19-7-10-20-8-5-18-6-9-20/h1-4,15,18H,5-11H2,(H,19,21). The van der Waals surface area contributed by atoms with Gasteiger partial charge in [0.25, 0.3) is 5.91 Å². The second kappa shape index (κ2) is 8.50. The summed E-state index contributed by atoms with van der Waals surface area (Å²) in [5.41, 5.74) is 0.598. The minimum Gasteiger partial charge on any atom is -0.351 e. The van der Waals surface area contributed by atoms with Crippen molar-refractivity contribution < 1.29 is 22.0 Å². The first-order chi connectivity index (χ1) is 11.4. The molecule has 2 rings (SSSR count). The highest BCUT2D eigenvalue weighted by atomic mass is 32.2. The van der Waals surface area contributed by atoms with Crippen LogP contribution in [0.2, 0.25) is 0 Å². The molecule has 0 atom stereocenters. The first kappa shape index (κ1) is 18.8. The zero-order chi connectivity index (χ0) is 17.6. The topological polar surface area (TPSA) is 78.5 Å². The number of nitrogens with zero attached hydrogens (tertiary/aromatic N) is 1. The van der Waals surface area contributed by atoms with Crippen LogP contribution in [0.25, 0.3) is 0 Å². The van der Waals surface area contributed by atoms with Crippen molar-refractivity contribution in [3.8, 4) is 0 Å². The molecule has 9 heteroatoms. The van der Waals surface area contributed by atoms with Gasteiger partial charge in [-0.1, -0.05) is 12.1 Å². The molecule has 1 amide bonds. The van der Waals surface area contributed by atoms with Crippen LogP contribution < -0.4 is 10.6 Å². The van der Waals surface area contributed by atoms with Gasteiger partial charge in [-0.15, -0.1) is 0 Å². The van der Waals surface area contributed by atoms with E-state index in [9.17, 15) is 22.0 Å². The summed E-state index contributed by atoms with van der Waals surface area (Å²) in [6, 6.07) is 5.64. The van der Waals surface area contributed by atoms with Crippen molar-refractivity contribution in [2.75, 3.05) is 39.3 Å². The molecule has 0 bridgehead atoms. The van der Waals surface area contributed by atoms with Crippen molar-refractivity contribution in [2.24, 2.45) is 0 Å². The van der Waals surface area contributed by atoms with Gasteiger partial charge in [0.05, 0.1) is 5.75 Å². The van der Waals surface area contributed by atoms with Crippen LogP contribution in [0.15, 0.2) is 24.3 Å². The molecule has 2 N–H and O–H groups in total. The molecule has 24 heavy (non-hydrogen) atoms. The van der Waals surface area contributed by atoms with Crippen LogP contribution in [0.4, 0.5) is 8.78 Å². The number of alkyl halides is 2. The van der Waals surface area contributed by atoms with Crippen LogP contribution in [0.5, 0.6) is 0 Å². The SMILES string of the molecule is O=C(NCCN1CCNCC1)c1ccc(CS(=O)(=O)C(F)F)cc1. The number of carbonyl (C=O) groups is 1. The van der Waals surface area contributed by atoms with Gasteiger partial charge in [-0.25, -0.2) is 8.42 Å². The van der Waals surface area contributed by atoms with Gasteiger partial charge in [-0.3, -0.25) is 9.69 Å². The molecule has 1 aromatic rings. The van der Waals surface area contributed by atoms with Crippen LogP contribution in [0, 0.1) is 0 Å². The van der Waals surface area contributed by atoms with E-state index in [1.165, 1.54) is 24.3 Å². The van der Waals surface area contributed by atoms with Crippen molar-refractivity contribution in [3.05, 3.63) is 35.4 Å². The molecule has 6 nitrogen and oxygen atoms in total. The predicted octanol–water partition coefficient (Wildman–Crippen LogP) is 0.459. The molecule has 134 valence electrons. The third kappa shape index (κ3) is 5.50. The molecule has 1 heterocycles. The fraction of sp³-hybridized carbons (Fsp3) is 0.533. The summed E-state index contributed by atoms with van der Waals surface area (Å²) < 4.78 is 47.0. The van der Waals surface area contributed by atoms with Gasteiger partial charge >= 0.3 is 5.76 Å². The number of rotatable bonds is 7. The molecule has 0 aromatic heterocycles. The lowest BCUT2D eigenvalue weighted by Crippen LogP contribution is -2.46. The molecular weight excluding hydrogens is 340 g/mol. The van der Waals surface area contributed by atoms with E-state index in [-0.39, 0.29) is 11.5 Å². The van der Waals surface area contributed by atoms with Crippen LogP contribution in [0.1, 0.15) is 15.9 Å². The summed E-state index contributed by atoms with van der Waals surface area (Å²) in [4.78, 5) is 14.3. The number of hydrogen-bond acceptors (Lipinski definition) is 5. The van der Waals surface area contributed by atoms with Crippen molar-refractivity contribution in [3.63, 3.8) is 0 Å². The second-order valence-corrected chi connectivity index (χ2v) is 7.58. The maximum Gasteiger partial charge on any atom is 0.337 e. The molecule has 0 radical (unpaired) electrons. The summed E-state index contributed by atoms with van der Waals surface area (Å²) in [5, 5.41) is 6.04. The van der Waals surface area contributed by atoms with Gasteiger partial charge in [-0.05, 0) is 17.7 Å². The van der Waals surface area contributed by atoms with E-state index in [0.29, 0.717) is 12.1 Å². The summed E-state index contributed by atoms with van der Waals surface area (Å²) >= 11 is 0. The second-order valence-electron chi connectivity index (χ2n) is 5.61. The van der Waals surface area contributed by atoms with E-state index in [0.717, 1.165) is 32.7 Å². The summed E-state index contributed by atoms with van der Waals surface area (Å²) in [7, 11) is -4.46. The number of piperazine rings is 1. The molecule has 1 saturated heterocycles. The van der Waals surface area contributed by atoms with Crippen molar-refractivity contribution in [1.29, 1.82) is 0 Å². The third-order valence-electron chi connectivity index (χ3n) is 3.78. The van der Waals surface area contributed by atoms with E-state index in [1.807, 2.05) is 0 Å². The average molecular weight is 361 g/mol. The Balaban J connectivity index is 1.82. The minimum absolute atomic E-state index is 0.229. The largest absolute Gasteiger partial charge is 0.351 e. The van der Waals surface area contributed by atoms with E-state index in [4.69, 9.17) is 0 Å². The number of amides is 1. The lowest BCUT2D eigenvalue weighted by atomic mass is 10.1. The maximum absolute atomic E-state index is 12.3. The lowest BCUT2D eigenvalue weighted by molar-refractivity contribution is 0.0947. The summed E-state index contributed by atoms with van der Waals surface area (Å²) in [6.07, 6.45) is 0. The smallest absolute Gasteiger partial charge is 0.337 e. The zero-order valence-electron chi connectivity index (χ0n) is 13.2. The van der Waals surface area contributed by atoms with Gasteiger partial charge in [0, 0.05) is 44.8 Å². The Morgan fingerprint density at radius 2 is 1.83 bits per heavy atom. The minimum atomic E-state index is -4.46. The Labute approximate surface area is 140 Å². The highest BCUT2D eigenvalue weighted by Gasteiger charge is 2.24. The van der Waals surface area contributed by atoms with E-state index < -0.39 is 21.3 Å². The molecule has 0 aliphatic carbocycles. The Morgan fingerprint density at radius 1 is 1.21 bits per heavy atom. The van der Waals surface area contributed by atoms with Crippen LogP contribution >= 0.6 is 0 Å². The molecule has 0 unspecified atom stereocenters. The predicted molar refractivity (Wildman–Crippen MR) is 86.7 cm³/mol. The monoisotopic (exact) mass is 361 g/mol. The van der Waals surface area contributed by atoms with E-state index >= 15 is 0 Å². The van der Waals surface area contributed by atoms with Gasteiger partial charge < -0.3 is 10.6 Å². The number of carbonyl (C=O) groups excluding carboxylic acids is 1. The summed E-state index contributed by atoms with van der Waals surface area (Å²) in [6.45, 7) is 5.05. The molecule has 0 saturated carbocycles. The van der Waals surface area contributed by atoms with Gasteiger partial charge in [0.15, 0.2) is 0 Å². The quantitative estimate of drug-likeness (QED) is 0.738. The third-order valence-corrected chi connectivity index (χ3v) is 5.06. The summed E-state index contributed by atoms with van der Waals surface area (Å²) in [5.74, 6) is -4.41. The number of benzene rings is 1. The molecular formula is C15H21F2N3O3S. The molecule has 1 aromatic carbocycles. The van der Waals surface area contributed by atoms with Crippen molar-refractivity contribution >= 4 is 15.7 Å². The van der Waals surface area contributed by atoms with Gasteiger partial charge in [-0.2, -0.15) is 8.78 Å². The van der Waals surface area contributed by atoms with Crippen molar-refractivity contribution in [1.82, 2.24) is 15.5 Å². The zero-order valence-corrected chi connectivity index (χ0v) is 14.0. The number of halogens is 2. The maximum atomic E-state index is 12.3. The number of hydrogen-bond donors (Lipinski definition) is 2. The molecule has 0 spiro atoms. The molecule has 1 aliphatic rings. The first-order valence-electron chi connectivity index (χ1n) is 7.68. The van der Waals surface area contributed by atoms with Gasteiger partial charge in [0.2, 0.25) is 9.84 Å². The molecule has 1 fully saturated rings. The Bertz CT molecular complexity index is 644. The molecule has 1 aliphatic heterocycles. The highest BCUT2D eigenvalue weighted by Crippen LogP contribution is 2.14. The Morgan fingerprint density at radius 3 is 2.42 bits per heavy atom. The Hall–Kier alpha value is -1.58. The van der Waals surface area contributed by atoms with Gasteiger partial charge in [0.1, 0.15) is 0 Å². The number of nitrogens with one attached hydrogen (secondary N) is 2. The normalized spacial score (nSPS) is 16.3. The fourth-order valence-electron chi connectivity index (χ4n) is 2.41. The Kier molecular flexibility index (Phi) is 6.64. The van der Waals surface area contributed by atoms with E-state index in [2.05, 4.69) is 15.5 Å². The van der Waals surface area contributed by atoms with Crippen LogP contribution in [-0.4, -0.2) is 64.3 Å². The average Bonchev–Trinajstić information content (AvgIpc) is 2.56. The van der Waals surface area contributed by atoms with Crippen LogP contribution in [-0.2, 0) is 15.6 Å². The van der Waals surface area contributed by atoms with Crippen molar-refractivity contribution in [2.45, 2.75) is 11.5 Å². The van der Waals surface area contributed by atoms with Crippen LogP contribution in [0.3, 0.4) is 0 Å².